The van der Waals surface area contributed by atoms with E-state index in [1.807, 2.05) is 25.1 Å². The second kappa shape index (κ2) is 6.75. The van der Waals surface area contributed by atoms with Gasteiger partial charge in [-0.2, -0.15) is 0 Å². The van der Waals surface area contributed by atoms with Gasteiger partial charge in [0.15, 0.2) is 5.16 Å². The fourth-order valence-corrected chi connectivity index (χ4v) is 4.17. The Labute approximate surface area is 156 Å². The molecular formula is C18H21N5O2S. The number of fused-ring (bicyclic) bond motifs is 1. The van der Waals surface area contributed by atoms with Gasteiger partial charge in [-0.25, -0.2) is 0 Å². The van der Waals surface area contributed by atoms with Gasteiger partial charge in [0.1, 0.15) is 12.4 Å². The van der Waals surface area contributed by atoms with Gasteiger partial charge in [0.05, 0.1) is 16.6 Å². The van der Waals surface area contributed by atoms with Crippen molar-refractivity contribution in [2.24, 2.45) is 0 Å². The Balaban J connectivity index is 1.55. The van der Waals surface area contributed by atoms with Gasteiger partial charge < -0.3 is 9.88 Å². The molecule has 1 aromatic heterocycles. The molecule has 1 atom stereocenters. The van der Waals surface area contributed by atoms with Crippen molar-refractivity contribution >= 4 is 35.0 Å². The molecule has 2 heterocycles. The zero-order valence-electron chi connectivity index (χ0n) is 14.8. The first-order valence-electron chi connectivity index (χ1n) is 8.88. The summed E-state index contributed by atoms with van der Waals surface area (Å²) in [5.74, 6) is 1.26. The molecule has 26 heavy (non-hydrogen) atoms. The first-order chi connectivity index (χ1) is 12.6. The number of benzene rings is 1. The van der Waals surface area contributed by atoms with E-state index in [2.05, 4.69) is 27.0 Å². The van der Waals surface area contributed by atoms with Crippen molar-refractivity contribution in [2.75, 3.05) is 16.8 Å². The largest absolute Gasteiger partial charge is 0.323 e. The molecule has 1 aromatic carbocycles. The lowest BCUT2D eigenvalue weighted by molar-refractivity contribution is -0.121. The number of carbonyl (C=O) groups excluding carboxylic acids is 2. The summed E-state index contributed by atoms with van der Waals surface area (Å²) in [7, 11) is 0. The summed E-state index contributed by atoms with van der Waals surface area (Å²) in [4.78, 5) is 26.6. The van der Waals surface area contributed by atoms with E-state index in [1.165, 1.54) is 11.8 Å². The molecule has 1 N–H and O–H groups in total. The van der Waals surface area contributed by atoms with Crippen LogP contribution in [0.4, 0.5) is 11.4 Å². The summed E-state index contributed by atoms with van der Waals surface area (Å²) in [6, 6.07) is 7.36. The third-order valence-electron chi connectivity index (χ3n) is 4.67. The molecule has 136 valence electrons. The van der Waals surface area contributed by atoms with E-state index in [-0.39, 0.29) is 23.6 Å². The number of amides is 2. The quantitative estimate of drug-likeness (QED) is 0.818. The third-order valence-corrected chi connectivity index (χ3v) is 5.74. The number of thioether (sulfide) groups is 1. The average molecular weight is 371 g/mol. The van der Waals surface area contributed by atoms with Gasteiger partial charge in [-0.05, 0) is 38.8 Å². The lowest BCUT2D eigenvalue weighted by Crippen LogP contribution is -2.45. The van der Waals surface area contributed by atoms with Gasteiger partial charge in [0, 0.05) is 12.5 Å². The Bertz CT molecular complexity index is 861. The molecule has 0 saturated heterocycles. The van der Waals surface area contributed by atoms with Crippen LogP contribution in [0.3, 0.4) is 0 Å². The number of hydrogen-bond acceptors (Lipinski definition) is 5. The van der Waals surface area contributed by atoms with Crippen molar-refractivity contribution in [3.05, 3.63) is 30.1 Å². The van der Waals surface area contributed by atoms with E-state index in [4.69, 9.17) is 0 Å². The van der Waals surface area contributed by atoms with E-state index < -0.39 is 0 Å². The minimum atomic E-state index is -0.365. The summed E-state index contributed by atoms with van der Waals surface area (Å²) in [6.45, 7) is 4.75. The summed E-state index contributed by atoms with van der Waals surface area (Å²) >= 11 is 1.40. The van der Waals surface area contributed by atoms with Crippen molar-refractivity contribution in [3.63, 3.8) is 0 Å². The molecule has 0 spiro atoms. The van der Waals surface area contributed by atoms with Crippen molar-refractivity contribution in [1.29, 1.82) is 0 Å². The minimum Gasteiger partial charge on any atom is -0.323 e. The SMILES string of the molecule is CCn1c(SC(C)C(=O)N2CC(=O)Nc3ccccc32)nnc1C1CC1. The fraction of sp³-hybridized carbons (Fsp3) is 0.444. The Hall–Kier alpha value is -2.35. The van der Waals surface area contributed by atoms with Gasteiger partial charge in [-0.1, -0.05) is 23.9 Å². The van der Waals surface area contributed by atoms with Crippen LogP contribution >= 0.6 is 11.8 Å². The predicted molar refractivity (Wildman–Crippen MR) is 100 cm³/mol. The Morgan fingerprint density at radius 2 is 2.12 bits per heavy atom. The minimum absolute atomic E-state index is 0.0362. The maximum atomic E-state index is 13.0. The number of rotatable bonds is 5. The number of nitrogens with zero attached hydrogens (tertiary/aromatic N) is 4. The van der Waals surface area contributed by atoms with E-state index in [1.54, 1.807) is 11.0 Å². The maximum absolute atomic E-state index is 13.0. The Morgan fingerprint density at radius 3 is 2.85 bits per heavy atom. The highest BCUT2D eigenvalue weighted by Gasteiger charge is 2.33. The number of carbonyl (C=O) groups is 2. The topological polar surface area (TPSA) is 80.1 Å². The van der Waals surface area contributed by atoms with E-state index in [9.17, 15) is 9.59 Å². The molecule has 1 aliphatic carbocycles. The molecule has 4 rings (SSSR count). The van der Waals surface area contributed by atoms with Gasteiger partial charge in [0.2, 0.25) is 11.8 Å². The smallest absolute Gasteiger partial charge is 0.244 e. The molecule has 1 saturated carbocycles. The van der Waals surface area contributed by atoms with Crippen molar-refractivity contribution in [1.82, 2.24) is 14.8 Å². The molecule has 2 aromatic rings. The van der Waals surface area contributed by atoms with E-state index in [0.29, 0.717) is 11.6 Å². The first-order valence-corrected chi connectivity index (χ1v) is 9.76. The monoisotopic (exact) mass is 371 g/mol. The van der Waals surface area contributed by atoms with Crippen LogP contribution in [0.1, 0.15) is 38.4 Å². The highest BCUT2D eigenvalue weighted by atomic mass is 32.2. The number of aromatic nitrogens is 3. The molecule has 2 aliphatic rings. The van der Waals surface area contributed by atoms with Gasteiger partial charge in [-0.15, -0.1) is 10.2 Å². The van der Waals surface area contributed by atoms with E-state index >= 15 is 0 Å². The van der Waals surface area contributed by atoms with Crippen LogP contribution < -0.4 is 10.2 Å². The summed E-state index contributed by atoms with van der Waals surface area (Å²) in [5.41, 5.74) is 1.40. The van der Waals surface area contributed by atoms with Gasteiger partial charge >= 0.3 is 0 Å². The first kappa shape index (κ1) is 17.1. The van der Waals surface area contributed by atoms with Gasteiger partial charge in [0.25, 0.3) is 0 Å². The lowest BCUT2D eigenvalue weighted by Gasteiger charge is -2.30. The lowest BCUT2D eigenvalue weighted by atomic mass is 10.2. The van der Waals surface area contributed by atoms with Crippen LogP contribution in [0.5, 0.6) is 0 Å². The normalized spacial score (nSPS) is 17.6. The highest BCUT2D eigenvalue weighted by Crippen LogP contribution is 2.40. The second-order valence-electron chi connectivity index (χ2n) is 6.61. The number of anilines is 2. The maximum Gasteiger partial charge on any atom is 0.244 e. The molecule has 2 amide bonds. The van der Waals surface area contributed by atoms with Crippen LogP contribution in [-0.2, 0) is 16.1 Å². The summed E-state index contributed by atoms with van der Waals surface area (Å²) < 4.78 is 2.10. The number of nitrogens with one attached hydrogen (secondary N) is 1. The highest BCUT2D eigenvalue weighted by molar-refractivity contribution is 8.00. The molecule has 7 nitrogen and oxygen atoms in total. The van der Waals surface area contributed by atoms with Crippen molar-refractivity contribution in [3.8, 4) is 0 Å². The summed E-state index contributed by atoms with van der Waals surface area (Å²) in [6.07, 6.45) is 2.33. The Kier molecular flexibility index (Phi) is 4.44. The van der Waals surface area contributed by atoms with Crippen LogP contribution in [-0.4, -0.2) is 38.4 Å². The van der Waals surface area contributed by atoms with Crippen LogP contribution in [0.2, 0.25) is 0 Å². The molecule has 0 radical (unpaired) electrons. The standard InChI is InChI=1S/C18H21N5O2S/c1-3-22-16(12-8-9-12)20-21-18(22)26-11(2)17(25)23-10-15(24)19-13-6-4-5-7-14(13)23/h4-7,11-12H,3,8-10H2,1-2H3,(H,19,24). The molecular weight excluding hydrogens is 350 g/mol. The summed E-state index contributed by atoms with van der Waals surface area (Å²) in [5, 5.41) is 11.8. The molecule has 1 unspecified atom stereocenters. The second-order valence-corrected chi connectivity index (χ2v) is 7.92. The molecule has 0 bridgehead atoms. The van der Waals surface area contributed by atoms with E-state index in [0.717, 1.165) is 36.1 Å². The molecule has 1 aliphatic heterocycles. The third kappa shape index (κ3) is 3.09. The molecule has 8 heteroatoms. The predicted octanol–water partition coefficient (Wildman–Crippen LogP) is 2.64. The van der Waals surface area contributed by atoms with Crippen LogP contribution in [0.25, 0.3) is 0 Å². The van der Waals surface area contributed by atoms with Crippen LogP contribution in [0.15, 0.2) is 29.4 Å². The zero-order valence-corrected chi connectivity index (χ0v) is 15.6. The van der Waals surface area contributed by atoms with Gasteiger partial charge in [-0.3, -0.25) is 14.5 Å². The number of hydrogen-bond donors (Lipinski definition) is 1. The van der Waals surface area contributed by atoms with Crippen molar-refractivity contribution in [2.45, 2.75) is 49.6 Å². The molecule has 1 fully saturated rings. The zero-order chi connectivity index (χ0) is 18.3. The van der Waals surface area contributed by atoms with Crippen LogP contribution in [0, 0.1) is 0 Å². The fourth-order valence-electron chi connectivity index (χ4n) is 3.19. The number of para-hydroxylation sites is 2. The Morgan fingerprint density at radius 1 is 1.35 bits per heavy atom. The van der Waals surface area contributed by atoms with Crippen molar-refractivity contribution < 1.29 is 9.59 Å². The average Bonchev–Trinajstić information content (AvgIpc) is 3.41.